The van der Waals surface area contributed by atoms with Gasteiger partial charge in [0.05, 0.1) is 6.10 Å². The van der Waals surface area contributed by atoms with E-state index in [0.29, 0.717) is 19.0 Å². The highest BCUT2D eigenvalue weighted by atomic mass is 19.1. The Morgan fingerprint density at radius 2 is 1.88 bits per heavy atom. The van der Waals surface area contributed by atoms with Crippen LogP contribution in [0.4, 0.5) is 4.39 Å². The highest BCUT2D eigenvalue weighted by Crippen LogP contribution is 2.16. The fourth-order valence-electron chi connectivity index (χ4n) is 2.15. The van der Waals surface area contributed by atoms with Gasteiger partial charge in [0.1, 0.15) is 12.4 Å². The Hall–Kier alpha value is -2.15. The maximum absolute atomic E-state index is 13.0. The van der Waals surface area contributed by atoms with Gasteiger partial charge < -0.3 is 20.7 Å². The molecule has 0 bridgehead atoms. The van der Waals surface area contributed by atoms with Crippen molar-refractivity contribution in [2.45, 2.75) is 39.3 Å². The van der Waals surface area contributed by atoms with Gasteiger partial charge in [-0.05, 0) is 45.4 Å². The number of nitrogens with one attached hydrogen (secondary N) is 3. The zero-order valence-electron chi connectivity index (χ0n) is 15.6. The molecule has 1 atom stereocenters. The molecule has 0 aliphatic carbocycles. The van der Waals surface area contributed by atoms with Crippen LogP contribution in [0.1, 0.15) is 39.4 Å². The predicted octanol–water partition coefficient (Wildman–Crippen LogP) is 1.98. The minimum Gasteiger partial charge on any atom is -0.375 e. The number of hydrogen-bond acceptors (Lipinski definition) is 3. The van der Waals surface area contributed by atoms with Crippen molar-refractivity contribution >= 4 is 11.9 Å². The number of aliphatic imine (C=N–C) groups is 1. The van der Waals surface area contributed by atoms with Crippen molar-refractivity contribution in [2.75, 3.05) is 26.7 Å². The van der Waals surface area contributed by atoms with Crippen LogP contribution >= 0.6 is 0 Å². The Labute approximate surface area is 149 Å². The highest BCUT2D eigenvalue weighted by molar-refractivity contribution is 5.85. The van der Waals surface area contributed by atoms with Gasteiger partial charge in [-0.1, -0.05) is 12.1 Å². The summed E-state index contributed by atoms with van der Waals surface area (Å²) in [6.45, 7) is 8.84. The van der Waals surface area contributed by atoms with Gasteiger partial charge in [-0.25, -0.2) is 9.38 Å². The van der Waals surface area contributed by atoms with Crippen LogP contribution in [0.25, 0.3) is 0 Å². The van der Waals surface area contributed by atoms with E-state index in [0.717, 1.165) is 5.56 Å². The minimum absolute atomic E-state index is 0.0286. The highest BCUT2D eigenvalue weighted by Gasteiger charge is 2.14. The summed E-state index contributed by atoms with van der Waals surface area (Å²) in [5.74, 6) is 0.0913. The third kappa shape index (κ3) is 8.49. The Kier molecular flexibility index (Phi) is 8.34. The number of nitrogens with zero attached hydrogens (tertiary/aromatic N) is 1. The van der Waals surface area contributed by atoms with E-state index < -0.39 is 0 Å². The second-order valence-electron chi connectivity index (χ2n) is 6.65. The molecule has 3 N–H and O–H groups in total. The number of guanidine groups is 1. The molecule has 0 aromatic heterocycles. The van der Waals surface area contributed by atoms with Crippen molar-refractivity contribution in [3.8, 4) is 0 Å². The predicted molar refractivity (Wildman–Crippen MR) is 98.0 cm³/mol. The third-order valence-electron chi connectivity index (χ3n) is 3.22. The smallest absolute Gasteiger partial charge is 0.242 e. The van der Waals surface area contributed by atoms with Gasteiger partial charge >= 0.3 is 0 Å². The van der Waals surface area contributed by atoms with Crippen LogP contribution in [0.5, 0.6) is 0 Å². The van der Waals surface area contributed by atoms with Gasteiger partial charge in [0.15, 0.2) is 5.96 Å². The second kappa shape index (κ2) is 9.98. The maximum Gasteiger partial charge on any atom is 0.242 e. The molecule has 140 valence electrons. The number of carbonyl (C=O) groups is 1. The number of carbonyl (C=O) groups excluding carboxylic acids is 1. The quantitative estimate of drug-likeness (QED) is 0.518. The summed E-state index contributed by atoms with van der Waals surface area (Å²) < 4.78 is 18.5. The lowest BCUT2D eigenvalue weighted by Crippen LogP contribution is -2.43. The average molecular weight is 352 g/mol. The van der Waals surface area contributed by atoms with E-state index in [2.05, 4.69) is 20.9 Å². The van der Waals surface area contributed by atoms with Gasteiger partial charge in [-0.2, -0.15) is 0 Å². The molecule has 0 saturated heterocycles. The minimum atomic E-state index is -0.290. The van der Waals surface area contributed by atoms with E-state index in [-0.39, 0.29) is 29.9 Å². The SMILES string of the molecule is CCNC(=NCC(=O)NC(C)(C)C)NCC(OC)c1ccc(F)cc1. The van der Waals surface area contributed by atoms with Crippen LogP contribution in [0, 0.1) is 5.82 Å². The van der Waals surface area contributed by atoms with E-state index >= 15 is 0 Å². The summed E-state index contributed by atoms with van der Waals surface area (Å²) in [6, 6.07) is 6.17. The van der Waals surface area contributed by atoms with Crippen LogP contribution in [0.3, 0.4) is 0 Å². The van der Waals surface area contributed by atoms with Crippen LogP contribution in [-0.2, 0) is 9.53 Å². The van der Waals surface area contributed by atoms with Gasteiger partial charge in [-0.3, -0.25) is 4.79 Å². The van der Waals surface area contributed by atoms with E-state index in [4.69, 9.17) is 4.74 Å². The molecule has 25 heavy (non-hydrogen) atoms. The maximum atomic E-state index is 13.0. The lowest BCUT2D eigenvalue weighted by atomic mass is 10.1. The number of methoxy groups -OCH3 is 1. The van der Waals surface area contributed by atoms with Crippen molar-refractivity contribution in [3.05, 3.63) is 35.6 Å². The number of halogens is 1. The molecule has 0 fully saturated rings. The molecule has 0 aliphatic rings. The van der Waals surface area contributed by atoms with Crippen LogP contribution in [0.15, 0.2) is 29.3 Å². The zero-order chi connectivity index (χ0) is 18.9. The van der Waals surface area contributed by atoms with Crippen molar-refractivity contribution in [1.29, 1.82) is 0 Å². The van der Waals surface area contributed by atoms with E-state index in [1.54, 1.807) is 19.2 Å². The molecule has 1 aromatic carbocycles. The first-order valence-corrected chi connectivity index (χ1v) is 8.36. The molecule has 1 amide bonds. The second-order valence-corrected chi connectivity index (χ2v) is 6.65. The van der Waals surface area contributed by atoms with E-state index in [9.17, 15) is 9.18 Å². The summed E-state index contributed by atoms with van der Waals surface area (Å²) in [4.78, 5) is 16.2. The number of amides is 1. The number of benzene rings is 1. The molecule has 7 heteroatoms. The molecular weight excluding hydrogens is 323 g/mol. The molecule has 0 heterocycles. The molecule has 0 spiro atoms. The molecule has 0 radical (unpaired) electrons. The molecular formula is C18H29FN4O2. The lowest BCUT2D eigenvalue weighted by molar-refractivity contribution is -0.121. The van der Waals surface area contributed by atoms with Crippen LogP contribution < -0.4 is 16.0 Å². The van der Waals surface area contributed by atoms with Crippen molar-refractivity contribution in [1.82, 2.24) is 16.0 Å². The first kappa shape index (κ1) is 20.9. The van der Waals surface area contributed by atoms with Crippen molar-refractivity contribution < 1.29 is 13.9 Å². The molecule has 1 rings (SSSR count). The van der Waals surface area contributed by atoms with Gasteiger partial charge in [0.25, 0.3) is 0 Å². The molecule has 0 aliphatic heterocycles. The Morgan fingerprint density at radius 1 is 1.24 bits per heavy atom. The average Bonchev–Trinajstić information content (AvgIpc) is 2.53. The lowest BCUT2D eigenvalue weighted by Gasteiger charge is -2.20. The summed E-state index contributed by atoms with van der Waals surface area (Å²) in [5, 5.41) is 9.09. The van der Waals surface area contributed by atoms with Crippen molar-refractivity contribution in [2.24, 2.45) is 4.99 Å². The van der Waals surface area contributed by atoms with Crippen LogP contribution in [-0.4, -0.2) is 44.1 Å². The summed E-state index contributed by atoms with van der Waals surface area (Å²) in [6.07, 6.45) is -0.257. The molecule has 1 unspecified atom stereocenters. The Balaban J connectivity index is 2.65. The number of rotatable bonds is 7. The third-order valence-corrected chi connectivity index (χ3v) is 3.22. The van der Waals surface area contributed by atoms with Crippen molar-refractivity contribution in [3.63, 3.8) is 0 Å². The molecule has 1 aromatic rings. The normalized spacial score (nSPS) is 13.3. The van der Waals surface area contributed by atoms with Gasteiger partial charge in [-0.15, -0.1) is 0 Å². The first-order chi connectivity index (χ1) is 11.7. The number of ether oxygens (including phenoxy) is 1. The zero-order valence-corrected chi connectivity index (χ0v) is 15.6. The van der Waals surface area contributed by atoms with Gasteiger partial charge in [0.2, 0.25) is 5.91 Å². The fourth-order valence-corrected chi connectivity index (χ4v) is 2.15. The summed E-state index contributed by atoms with van der Waals surface area (Å²) in [7, 11) is 1.59. The monoisotopic (exact) mass is 352 g/mol. The Bertz CT molecular complexity index is 567. The fraction of sp³-hybridized carbons (Fsp3) is 0.556. The number of hydrogen-bond donors (Lipinski definition) is 3. The first-order valence-electron chi connectivity index (χ1n) is 8.36. The summed E-state index contributed by atoms with van der Waals surface area (Å²) >= 11 is 0. The largest absolute Gasteiger partial charge is 0.375 e. The molecule has 6 nitrogen and oxygen atoms in total. The topological polar surface area (TPSA) is 74.8 Å². The van der Waals surface area contributed by atoms with Gasteiger partial charge in [0, 0.05) is 25.7 Å². The summed E-state index contributed by atoms with van der Waals surface area (Å²) in [5.41, 5.74) is 0.569. The van der Waals surface area contributed by atoms with E-state index in [1.165, 1.54) is 12.1 Å². The van der Waals surface area contributed by atoms with E-state index in [1.807, 2.05) is 27.7 Å². The standard InChI is InChI=1S/C18H29FN4O2/c1-6-20-17(22-12-16(24)23-18(2,3)4)21-11-15(25-5)13-7-9-14(19)10-8-13/h7-10,15H,6,11-12H2,1-5H3,(H,23,24)(H2,20,21,22). The van der Waals surface area contributed by atoms with Crippen LogP contribution in [0.2, 0.25) is 0 Å². The molecule has 0 saturated carbocycles. The Morgan fingerprint density at radius 3 is 2.40 bits per heavy atom.